The SMILES string of the molecule is Cc1c(Cl)cc(OC2CC2)c(C#N)c1-c1ccnn1C. The molecule has 2 aromatic rings. The van der Waals surface area contributed by atoms with Gasteiger partial charge in [-0.2, -0.15) is 10.4 Å². The predicted molar refractivity (Wildman–Crippen MR) is 76.8 cm³/mol. The van der Waals surface area contributed by atoms with Gasteiger partial charge in [-0.25, -0.2) is 0 Å². The van der Waals surface area contributed by atoms with E-state index in [1.165, 1.54) is 0 Å². The number of nitriles is 1. The largest absolute Gasteiger partial charge is 0.489 e. The molecule has 1 aromatic carbocycles. The lowest BCUT2D eigenvalue weighted by Gasteiger charge is -2.15. The fraction of sp³-hybridized carbons (Fsp3) is 0.333. The maximum absolute atomic E-state index is 9.53. The van der Waals surface area contributed by atoms with Crippen molar-refractivity contribution in [3.63, 3.8) is 0 Å². The zero-order valence-corrected chi connectivity index (χ0v) is 12.1. The van der Waals surface area contributed by atoms with E-state index in [4.69, 9.17) is 16.3 Å². The van der Waals surface area contributed by atoms with Crippen molar-refractivity contribution in [1.29, 1.82) is 5.26 Å². The number of ether oxygens (including phenoxy) is 1. The average Bonchev–Trinajstić information content (AvgIpc) is 3.14. The molecule has 20 heavy (non-hydrogen) atoms. The minimum atomic E-state index is 0.222. The molecule has 0 saturated heterocycles. The molecule has 1 saturated carbocycles. The minimum absolute atomic E-state index is 0.222. The van der Waals surface area contributed by atoms with Crippen LogP contribution in [0.3, 0.4) is 0 Å². The highest BCUT2D eigenvalue weighted by Gasteiger charge is 2.27. The molecule has 1 aliphatic rings. The van der Waals surface area contributed by atoms with Crippen molar-refractivity contribution in [1.82, 2.24) is 9.78 Å². The van der Waals surface area contributed by atoms with E-state index in [1.54, 1.807) is 16.9 Å². The monoisotopic (exact) mass is 287 g/mol. The Balaban J connectivity index is 2.23. The van der Waals surface area contributed by atoms with Crippen molar-refractivity contribution in [3.8, 4) is 23.1 Å². The number of hydrogen-bond acceptors (Lipinski definition) is 3. The molecule has 3 rings (SSSR count). The van der Waals surface area contributed by atoms with Gasteiger partial charge in [0.1, 0.15) is 17.4 Å². The summed E-state index contributed by atoms with van der Waals surface area (Å²) < 4.78 is 7.56. The van der Waals surface area contributed by atoms with E-state index in [2.05, 4.69) is 11.2 Å². The van der Waals surface area contributed by atoms with Crippen LogP contribution in [-0.2, 0) is 7.05 Å². The first kappa shape index (κ1) is 13.0. The zero-order chi connectivity index (χ0) is 14.3. The van der Waals surface area contributed by atoms with E-state index in [0.717, 1.165) is 29.7 Å². The highest BCUT2D eigenvalue weighted by atomic mass is 35.5. The van der Waals surface area contributed by atoms with Crippen LogP contribution in [-0.4, -0.2) is 15.9 Å². The number of aryl methyl sites for hydroxylation is 1. The molecule has 0 radical (unpaired) electrons. The third-order valence-corrected chi connectivity index (χ3v) is 3.89. The Kier molecular flexibility index (Phi) is 3.15. The van der Waals surface area contributed by atoms with Crippen molar-refractivity contribution in [2.24, 2.45) is 7.05 Å². The first-order chi connectivity index (χ1) is 9.61. The van der Waals surface area contributed by atoms with E-state index in [9.17, 15) is 5.26 Å². The molecule has 1 fully saturated rings. The van der Waals surface area contributed by atoms with Gasteiger partial charge in [-0.15, -0.1) is 0 Å². The number of hydrogen-bond donors (Lipinski definition) is 0. The summed E-state index contributed by atoms with van der Waals surface area (Å²) in [6.07, 6.45) is 4.01. The number of halogens is 1. The van der Waals surface area contributed by atoms with Crippen molar-refractivity contribution in [2.75, 3.05) is 0 Å². The second-order valence-electron chi connectivity index (χ2n) is 5.00. The van der Waals surface area contributed by atoms with Gasteiger partial charge in [0.25, 0.3) is 0 Å². The first-order valence-corrected chi connectivity index (χ1v) is 6.88. The van der Waals surface area contributed by atoms with Crippen LogP contribution in [0.2, 0.25) is 5.02 Å². The second-order valence-corrected chi connectivity index (χ2v) is 5.41. The zero-order valence-electron chi connectivity index (χ0n) is 11.4. The van der Waals surface area contributed by atoms with Gasteiger partial charge in [0.15, 0.2) is 0 Å². The molecule has 1 heterocycles. The van der Waals surface area contributed by atoms with Crippen LogP contribution in [0.1, 0.15) is 24.0 Å². The summed E-state index contributed by atoms with van der Waals surface area (Å²) in [6, 6.07) is 5.88. The van der Waals surface area contributed by atoms with Crippen LogP contribution < -0.4 is 4.74 Å². The first-order valence-electron chi connectivity index (χ1n) is 6.50. The van der Waals surface area contributed by atoms with E-state index in [0.29, 0.717) is 16.3 Å². The lowest BCUT2D eigenvalue weighted by Crippen LogP contribution is -2.03. The molecular weight excluding hydrogens is 274 g/mol. The number of rotatable bonds is 3. The van der Waals surface area contributed by atoms with E-state index in [-0.39, 0.29) is 6.10 Å². The minimum Gasteiger partial charge on any atom is -0.489 e. The van der Waals surface area contributed by atoms with Crippen molar-refractivity contribution in [3.05, 3.63) is 34.5 Å². The van der Waals surface area contributed by atoms with Gasteiger partial charge in [0.2, 0.25) is 0 Å². The summed E-state index contributed by atoms with van der Waals surface area (Å²) >= 11 is 6.30. The molecule has 0 unspecified atom stereocenters. The van der Waals surface area contributed by atoms with Crippen LogP contribution in [0.25, 0.3) is 11.3 Å². The Morgan fingerprint density at radius 2 is 2.25 bits per heavy atom. The molecule has 0 amide bonds. The fourth-order valence-corrected chi connectivity index (χ4v) is 2.43. The quantitative estimate of drug-likeness (QED) is 0.868. The van der Waals surface area contributed by atoms with Crippen LogP contribution in [0.4, 0.5) is 0 Å². The molecule has 0 bridgehead atoms. The maximum Gasteiger partial charge on any atom is 0.139 e. The molecule has 0 spiro atoms. The van der Waals surface area contributed by atoms with Crippen molar-refractivity contribution < 1.29 is 4.74 Å². The number of aromatic nitrogens is 2. The lowest BCUT2D eigenvalue weighted by atomic mass is 9.98. The molecule has 102 valence electrons. The molecule has 0 N–H and O–H groups in total. The van der Waals surface area contributed by atoms with Crippen molar-refractivity contribution in [2.45, 2.75) is 25.9 Å². The Bertz CT molecular complexity index is 711. The maximum atomic E-state index is 9.53. The van der Waals surface area contributed by atoms with Crippen LogP contribution in [0.15, 0.2) is 18.3 Å². The fourth-order valence-electron chi connectivity index (χ4n) is 2.23. The third-order valence-electron chi connectivity index (χ3n) is 3.49. The van der Waals surface area contributed by atoms with Crippen LogP contribution in [0.5, 0.6) is 5.75 Å². The van der Waals surface area contributed by atoms with Gasteiger partial charge < -0.3 is 4.74 Å². The predicted octanol–water partition coefficient (Wildman–Crippen LogP) is 3.46. The smallest absolute Gasteiger partial charge is 0.139 e. The highest BCUT2D eigenvalue weighted by Crippen LogP contribution is 2.39. The van der Waals surface area contributed by atoms with Crippen molar-refractivity contribution >= 4 is 11.6 Å². The van der Waals surface area contributed by atoms with Gasteiger partial charge in [-0.1, -0.05) is 11.6 Å². The lowest BCUT2D eigenvalue weighted by molar-refractivity contribution is 0.302. The topological polar surface area (TPSA) is 50.8 Å². The normalized spacial score (nSPS) is 14.1. The molecule has 5 heteroatoms. The molecule has 0 atom stereocenters. The molecule has 1 aliphatic carbocycles. The van der Waals surface area contributed by atoms with E-state index >= 15 is 0 Å². The van der Waals surface area contributed by atoms with Crippen LogP contribution >= 0.6 is 11.6 Å². The van der Waals surface area contributed by atoms with E-state index in [1.807, 2.05) is 20.0 Å². The van der Waals surface area contributed by atoms with Gasteiger partial charge in [0.05, 0.1) is 11.8 Å². The summed E-state index contributed by atoms with van der Waals surface area (Å²) in [5, 5.41) is 14.3. The van der Waals surface area contributed by atoms with Gasteiger partial charge in [0, 0.05) is 29.9 Å². The Hall–Kier alpha value is -1.99. The van der Waals surface area contributed by atoms with Crippen LogP contribution in [0, 0.1) is 18.3 Å². The Morgan fingerprint density at radius 1 is 1.50 bits per heavy atom. The highest BCUT2D eigenvalue weighted by molar-refractivity contribution is 6.32. The standard InChI is InChI=1S/C15H14ClN3O/c1-9-12(16)7-14(20-10-3-4-10)11(8-17)15(9)13-5-6-18-19(13)2/h5-7,10H,3-4H2,1-2H3. The van der Waals surface area contributed by atoms with Gasteiger partial charge in [-0.05, 0) is 31.4 Å². The summed E-state index contributed by atoms with van der Waals surface area (Å²) in [6.45, 7) is 1.91. The number of nitrogens with zero attached hydrogens (tertiary/aromatic N) is 3. The Labute approximate surface area is 122 Å². The number of benzene rings is 1. The second kappa shape index (κ2) is 4.84. The Morgan fingerprint density at radius 3 is 2.80 bits per heavy atom. The molecular formula is C15H14ClN3O. The summed E-state index contributed by atoms with van der Waals surface area (Å²) in [5.41, 5.74) is 3.07. The average molecular weight is 288 g/mol. The molecule has 1 aromatic heterocycles. The van der Waals surface area contributed by atoms with E-state index < -0.39 is 0 Å². The summed E-state index contributed by atoms with van der Waals surface area (Å²) in [4.78, 5) is 0. The summed E-state index contributed by atoms with van der Waals surface area (Å²) in [7, 11) is 1.85. The third kappa shape index (κ3) is 2.14. The van der Waals surface area contributed by atoms with Gasteiger partial charge >= 0.3 is 0 Å². The summed E-state index contributed by atoms with van der Waals surface area (Å²) in [5.74, 6) is 0.571. The van der Waals surface area contributed by atoms with Gasteiger partial charge in [-0.3, -0.25) is 4.68 Å². The molecule has 4 nitrogen and oxygen atoms in total. The molecule has 0 aliphatic heterocycles.